The van der Waals surface area contributed by atoms with Crippen LogP contribution in [0.4, 0.5) is 0 Å². The predicted molar refractivity (Wildman–Crippen MR) is 121 cm³/mol. The first-order chi connectivity index (χ1) is 15.6. The number of carbonyl (C=O) groups excluding carboxylic acids is 1. The van der Waals surface area contributed by atoms with Gasteiger partial charge in [-0.3, -0.25) is 9.59 Å². The lowest BCUT2D eigenvalue weighted by Crippen LogP contribution is -2.55. The van der Waals surface area contributed by atoms with E-state index < -0.39 is 0 Å². The molecule has 2 aromatic carbocycles. The van der Waals surface area contributed by atoms with E-state index in [9.17, 15) is 9.59 Å². The second-order valence-corrected chi connectivity index (χ2v) is 9.17. The summed E-state index contributed by atoms with van der Waals surface area (Å²) in [7, 11) is 0. The van der Waals surface area contributed by atoms with Crippen LogP contribution in [-0.2, 0) is 0 Å². The summed E-state index contributed by atoms with van der Waals surface area (Å²) >= 11 is 0. The summed E-state index contributed by atoms with van der Waals surface area (Å²) in [5.74, 6) is 0.321. The quantitative estimate of drug-likeness (QED) is 0.523. The number of benzene rings is 2. The topological polar surface area (TPSA) is 92.7 Å². The van der Waals surface area contributed by atoms with E-state index in [-0.39, 0.29) is 17.5 Å². The molecule has 2 N–H and O–H groups in total. The smallest absolute Gasteiger partial charge is 0.272 e. The molecule has 0 bridgehead atoms. The van der Waals surface area contributed by atoms with Gasteiger partial charge in [-0.25, -0.2) is 9.78 Å². The van der Waals surface area contributed by atoms with Crippen molar-refractivity contribution < 1.29 is 4.79 Å². The van der Waals surface area contributed by atoms with Gasteiger partial charge in [0.25, 0.3) is 11.5 Å². The van der Waals surface area contributed by atoms with E-state index >= 15 is 0 Å². The monoisotopic (exact) mass is 425 g/mol. The number of rotatable bonds is 4. The number of nitrogens with zero attached hydrogens (tertiary/aromatic N) is 3. The van der Waals surface area contributed by atoms with Gasteiger partial charge < -0.3 is 5.32 Å². The molecule has 2 heterocycles. The Kier molecular flexibility index (Phi) is 4.24. The van der Waals surface area contributed by atoms with Crippen LogP contribution in [0.5, 0.6) is 0 Å². The average molecular weight is 425 g/mol. The molecule has 2 aliphatic rings. The molecule has 160 valence electrons. The van der Waals surface area contributed by atoms with E-state index in [4.69, 9.17) is 0 Å². The van der Waals surface area contributed by atoms with Crippen LogP contribution >= 0.6 is 0 Å². The average Bonchev–Trinajstić information content (AvgIpc) is 3.30. The highest BCUT2D eigenvalue weighted by Gasteiger charge is 2.54. The number of nitrogens with one attached hydrogen (secondary N) is 2. The van der Waals surface area contributed by atoms with E-state index in [0.717, 1.165) is 42.5 Å². The van der Waals surface area contributed by atoms with Gasteiger partial charge in [-0.15, -0.1) is 0 Å². The van der Waals surface area contributed by atoms with Crippen molar-refractivity contribution in [3.8, 4) is 5.69 Å². The summed E-state index contributed by atoms with van der Waals surface area (Å²) in [6, 6.07) is 17.3. The van der Waals surface area contributed by atoms with Crippen LogP contribution < -0.4 is 10.9 Å². The second kappa shape index (κ2) is 7.15. The van der Waals surface area contributed by atoms with Gasteiger partial charge in [-0.1, -0.05) is 24.3 Å². The van der Waals surface area contributed by atoms with Crippen molar-refractivity contribution in [2.24, 2.45) is 5.41 Å². The number of fused-ring (bicyclic) bond motifs is 1. The molecule has 0 saturated heterocycles. The van der Waals surface area contributed by atoms with Gasteiger partial charge in [0.05, 0.1) is 16.8 Å². The summed E-state index contributed by atoms with van der Waals surface area (Å²) < 4.78 is 1.75. The molecule has 2 fully saturated rings. The van der Waals surface area contributed by atoms with Crippen LogP contribution in [0, 0.1) is 5.41 Å². The van der Waals surface area contributed by atoms with Gasteiger partial charge in [0.1, 0.15) is 0 Å². The maximum absolute atomic E-state index is 12.8. The second-order valence-electron chi connectivity index (χ2n) is 9.17. The summed E-state index contributed by atoms with van der Waals surface area (Å²) in [5.41, 5.74) is 2.66. The third-order valence-corrected chi connectivity index (χ3v) is 7.04. The summed E-state index contributed by atoms with van der Waals surface area (Å²) in [5, 5.41) is 16.1. The summed E-state index contributed by atoms with van der Waals surface area (Å²) in [4.78, 5) is 24.8. The van der Waals surface area contributed by atoms with E-state index in [1.54, 1.807) is 10.9 Å². The Bertz CT molecular complexity index is 1360. The highest BCUT2D eigenvalue weighted by atomic mass is 16.1. The minimum absolute atomic E-state index is 0.0389. The van der Waals surface area contributed by atoms with Crippen molar-refractivity contribution in [2.45, 2.75) is 37.6 Å². The molecule has 0 aliphatic heterocycles. The van der Waals surface area contributed by atoms with Crippen molar-refractivity contribution in [1.82, 2.24) is 25.3 Å². The molecule has 6 rings (SSSR count). The number of hydrogen-bond acceptors (Lipinski definition) is 4. The first-order valence-corrected chi connectivity index (χ1v) is 11.0. The number of amides is 1. The zero-order valence-corrected chi connectivity index (χ0v) is 17.5. The number of hydrogen-bond donors (Lipinski definition) is 2. The number of aromatic amines is 1. The SMILES string of the molecule is O=C(NC1CC2(C1)CC(c1n[nH]c(=O)c3ccccc13)C2)c1cccc(-n2cccn2)c1. The van der Waals surface area contributed by atoms with Crippen LogP contribution in [0.25, 0.3) is 16.5 Å². The number of H-pyrrole nitrogens is 1. The maximum atomic E-state index is 12.8. The van der Waals surface area contributed by atoms with Gasteiger partial charge in [0.15, 0.2) is 0 Å². The Hall–Kier alpha value is -3.74. The fourth-order valence-electron chi connectivity index (χ4n) is 5.53. The van der Waals surface area contributed by atoms with E-state index in [0.29, 0.717) is 22.3 Å². The number of carbonyl (C=O) groups is 1. The van der Waals surface area contributed by atoms with Crippen molar-refractivity contribution >= 4 is 16.7 Å². The normalized spacial score (nSPS) is 24.1. The zero-order chi connectivity index (χ0) is 21.7. The maximum Gasteiger partial charge on any atom is 0.272 e. The molecule has 0 unspecified atom stereocenters. The first kappa shape index (κ1) is 19.0. The largest absolute Gasteiger partial charge is 0.349 e. The molecule has 7 nitrogen and oxygen atoms in total. The van der Waals surface area contributed by atoms with Crippen molar-refractivity contribution in [2.75, 3.05) is 0 Å². The van der Waals surface area contributed by atoms with Gasteiger partial charge in [-0.2, -0.15) is 10.2 Å². The molecular formula is C25H23N5O2. The fourth-order valence-corrected chi connectivity index (χ4v) is 5.53. The highest BCUT2D eigenvalue weighted by Crippen LogP contribution is 2.62. The molecule has 2 saturated carbocycles. The Morgan fingerprint density at radius 3 is 2.62 bits per heavy atom. The fraction of sp³-hybridized carbons (Fsp3) is 0.280. The third kappa shape index (κ3) is 3.12. The van der Waals surface area contributed by atoms with E-state index in [1.807, 2.05) is 60.8 Å². The van der Waals surface area contributed by atoms with Crippen LogP contribution in [0.3, 0.4) is 0 Å². The minimum Gasteiger partial charge on any atom is -0.349 e. The van der Waals surface area contributed by atoms with Gasteiger partial charge in [0, 0.05) is 35.3 Å². The lowest BCUT2D eigenvalue weighted by atomic mass is 9.49. The van der Waals surface area contributed by atoms with Crippen LogP contribution in [-0.4, -0.2) is 31.9 Å². The predicted octanol–water partition coefficient (Wildman–Crippen LogP) is 3.57. The molecule has 1 spiro atoms. The van der Waals surface area contributed by atoms with Gasteiger partial charge >= 0.3 is 0 Å². The van der Waals surface area contributed by atoms with E-state index in [1.165, 1.54) is 0 Å². The Morgan fingerprint density at radius 2 is 1.84 bits per heavy atom. The zero-order valence-electron chi connectivity index (χ0n) is 17.5. The highest BCUT2D eigenvalue weighted by molar-refractivity contribution is 5.95. The number of aromatic nitrogens is 4. The Labute approximate surface area is 184 Å². The van der Waals surface area contributed by atoms with Crippen molar-refractivity contribution in [1.29, 1.82) is 0 Å². The molecule has 0 atom stereocenters. The molecule has 2 aliphatic carbocycles. The van der Waals surface area contributed by atoms with E-state index in [2.05, 4.69) is 20.6 Å². The molecule has 32 heavy (non-hydrogen) atoms. The van der Waals surface area contributed by atoms with Gasteiger partial charge in [-0.05, 0) is 61.4 Å². The van der Waals surface area contributed by atoms with Crippen molar-refractivity contribution in [3.63, 3.8) is 0 Å². The van der Waals surface area contributed by atoms with Crippen molar-refractivity contribution in [3.05, 3.63) is 88.6 Å². The molecular weight excluding hydrogens is 402 g/mol. The third-order valence-electron chi connectivity index (χ3n) is 7.04. The standard InChI is InChI=1S/C25H23N5O2/c31-23(16-5-3-6-19(11-16)30-10-4-9-26-30)27-18-14-25(15-18)12-17(13-25)22-20-7-1-2-8-21(20)24(32)29-28-22/h1-11,17-18H,12-15H2,(H,27,31)(H,29,32). The molecule has 1 amide bonds. The summed E-state index contributed by atoms with van der Waals surface area (Å²) in [6.45, 7) is 0. The van der Waals surface area contributed by atoms with Crippen LogP contribution in [0.2, 0.25) is 0 Å². The minimum atomic E-state index is -0.138. The molecule has 4 aromatic rings. The molecule has 7 heteroatoms. The lowest BCUT2D eigenvalue weighted by molar-refractivity contribution is -0.0196. The van der Waals surface area contributed by atoms with Gasteiger partial charge in [0.2, 0.25) is 0 Å². The first-order valence-electron chi connectivity index (χ1n) is 11.0. The van der Waals surface area contributed by atoms with Crippen LogP contribution in [0.15, 0.2) is 71.8 Å². The lowest BCUT2D eigenvalue weighted by Gasteiger charge is -2.57. The van der Waals surface area contributed by atoms with Crippen LogP contribution in [0.1, 0.15) is 47.7 Å². The molecule has 2 aromatic heterocycles. The summed E-state index contributed by atoms with van der Waals surface area (Å²) in [6.07, 6.45) is 7.68. The molecule has 0 radical (unpaired) electrons. The Morgan fingerprint density at radius 1 is 1.03 bits per heavy atom. The Balaban J connectivity index is 1.09.